The van der Waals surface area contributed by atoms with Crippen LogP contribution in [-0.2, 0) is 4.79 Å². The lowest BCUT2D eigenvalue weighted by Gasteiger charge is -2.17. The van der Waals surface area contributed by atoms with Gasteiger partial charge in [-0.1, -0.05) is 43.0 Å². The van der Waals surface area contributed by atoms with Crippen molar-refractivity contribution in [2.45, 2.75) is 39.2 Å². The smallest absolute Gasteiger partial charge is 0.260 e. The van der Waals surface area contributed by atoms with E-state index in [4.69, 9.17) is 27.9 Å². The quantitative estimate of drug-likeness (QED) is 0.581. The van der Waals surface area contributed by atoms with E-state index >= 15 is 0 Å². The number of rotatable bonds is 8. The van der Waals surface area contributed by atoms with Gasteiger partial charge in [-0.15, -0.1) is 0 Å². The summed E-state index contributed by atoms with van der Waals surface area (Å²) in [6, 6.07) is 2.92. The first-order valence-corrected chi connectivity index (χ1v) is 7.63. The van der Waals surface area contributed by atoms with Gasteiger partial charge in [-0.25, -0.2) is 0 Å². The first-order valence-electron chi connectivity index (χ1n) is 6.88. The van der Waals surface area contributed by atoms with E-state index in [0.29, 0.717) is 17.9 Å². The van der Waals surface area contributed by atoms with Gasteiger partial charge in [0.15, 0.2) is 12.4 Å². The molecule has 21 heavy (non-hydrogen) atoms. The van der Waals surface area contributed by atoms with Crippen LogP contribution < -0.4 is 10.1 Å². The van der Waals surface area contributed by atoms with Gasteiger partial charge in [0, 0.05) is 11.6 Å². The highest BCUT2D eigenvalue weighted by molar-refractivity contribution is 6.36. The van der Waals surface area contributed by atoms with Gasteiger partial charge in [0.2, 0.25) is 0 Å². The number of halogens is 2. The van der Waals surface area contributed by atoms with Crippen molar-refractivity contribution in [3.8, 4) is 5.75 Å². The van der Waals surface area contributed by atoms with Crippen LogP contribution in [0.2, 0.25) is 10.0 Å². The fourth-order valence-electron chi connectivity index (χ4n) is 1.75. The maximum atomic E-state index is 11.9. The van der Waals surface area contributed by atoms with Gasteiger partial charge in [0.1, 0.15) is 5.75 Å². The first kappa shape index (κ1) is 17.8. The van der Waals surface area contributed by atoms with Gasteiger partial charge in [-0.05, 0) is 25.5 Å². The Morgan fingerprint density at radius 2 is 2.10 bits per heavy atom. The van der Waals surface area contributed by atoms with Crippen molar-refractivity contribution in [2.75, 3.05) is 6.54 Å². The molecule has 0 aliphatic carbocycles. The van der Waals surface area contributed by atoms with Gasteiger partial charge in [0.25, 0.3) is 5.91 Å². The number of ether oxygens (including phenoxy) is 1. The van der Waals surface area contributed by atoms with E-state index in [1.807, 2.05) is 0 Å². The molecule has 0 bridgehead atoms. The lowest BCUT2D eigenvalue weighted by Crippen LogP contribution is -2.37. The minimum absolute atomic E-state index is 0.173. The third-order valence-electron chi connectivity index (χ3n) is 2.91. The topological polar surface area (TPSA) is 55.4 Å². The molecule has 1 unspecified atom stereocenters. The van der Waals surface area contributed by atoms with Gasteiger partial charge >= 0.3 is 0 Å². The molecule has 1 N–H and O–H groups in total. The van der Waals surface area contributed by atoms with Gasteiger partial charge in [-0.2, -0.15) is 0 Å². The second-order valence-corrected chi connectivity index (χ2v) is 5.53. The second kappa shape index (κ2) is 8.90. The lowest BCUT2D eigenvalue weighted by molar-refractivity contribution is -0.127. The van der Waals surface area contributed by atoms with Crippen molar-refractivity contribution >= 4 is 35.4 Å². The highest BCUT2D eigenvalue weighted by Crippen LogP contribution is 2.32. The molecule has 0 spiro atoms. The van der Waals surface area contributed by atoms with E-state index in [-0.39, 0.29) is 22.2 Å². The average Bonchev–Trinajstić information content (AvgIpc) is 2.45. The number of nitrogens with one attached hydrogen (secondary N) is 1. The van der Waals surface area contributed by atoms with Crippen LogP contribution >= 0.6 is 23.2 Å². The summed E-state index contributed by atoms with van der Waals surface area (Å²) in [6.07, 6.45) is 2.93. The molecule has 0 radical (unpaired) electrons. The van der Waals surface area contributed by atoms with E-state index in [1.54, 1.807) is 6.92 Å². The molecule has 116 valence electrons. The number of aldehydes is 1. The standard InChI is InChI=1S/C15H19Cl2NO3/c1-3-4-5-6-18-15(20)10(2)21-14-11(9-19)7-12(16)8-13(14)17/h7-10H,3-6H2,1-2H3,(H,18,20). The van der Waals surface area contributed by atoms with E-state index in [0.717, 1.165) is 19.3 Å². The van der Waals surface area contributed by atoms with E-state index in [1.165, 1.54) is 12.1 Å². The van der Waals surface area contributed by atoms with Crippen LogP contribution in [0.3, 0.4) is 0 Å². The van der Waals surface area contributed by atoms with E-state index in [9.17, 15) is 9.59 Å². The molecule has 4 nitrogen and oxygen atoms in total. The molecule has 6 heteroatoms. The summed E-state index contributed by atoms with van der Waals surface area (Å²) >= 11 is 11.8. The summed E-state index contributed by atoms with van der Waals surface area (Å²) in [5.41, 5.74) is 0.220. The SMILES string of the molecule is CCCCCNC(=O)C(C)Oc1c(Cl)cc(Cl)cc1C=O. The normalized spacial score (nSPS) is 11.8. The highest BCUT2D eigenvalue weighted by atomic mass is 35.5. The Hall–Kier alpha value is -1.26. The zero-order valence-corrected chi connectivity index (χ0v) is 13.6. The summed E-state index contributed by atoms with van der Waals surface area (Å²) < 4.78 is 5.51. The van der Waals surface area contributed by atoms with Crippen LogP contribution in [0.25, 0.3) is 0 Å². The molecular formula is C15H19Cl2NO3. The molecule has 1 rings (SSSR count). The van der Waals surface area contributed by atoms with Gasteiger partial charge in [0.05, 0.1) is 10.6 Å². The Balaban J connectivity index is 2.68. The predicted octanol–water partition coefficient (Wildman–Crippen LogP) is 3.88. The summed E-state index contributed by atoms with van der Waals surface area (Å²) in [4.78, 5) is 22.9. The van der Waals surface area contributed by atoms with Crippen molar-refractivity contribution in [1.82, 2.24) is 5.32 Å². The molecule has 1 aromatic carbocycles. The summed E-state index contributed by atoms with van der Waals surface area (Å²) in [5, 5.41) is 3.33. The minimum Gasteiger partial charge on any atom is -0.479 e. The Kier molecular flexibility index (Phi) is 7.54. The molecule has 1 aromatic rings. The van der Waals surface area contributed by atoms with Crippen molar-refractivity contribution in [3.63, 3.8) is 0 Å². The van der Waals surface area contributed by atoms with Crippen LogP contribution in [0.4, 0.5) is 0 Å². The molecule has 0 aliphatic rings. The summed E-state index contributed by atoms with van der Waals surface area (Å²) in [6.45, 7) is 4.31. The minimum atomic E-state index is -0.746. The van der Waals surface area contributed by atoms with E-state index in [2.05, 4.69) is 12.2 Å². The zero-order chi connectivity index (χ0) is 15.8. The molecule has 0 aliphatic heterocycles. The molecule has 1 atom stereocenters. The molecule has 0 saturated carbocycles. The van der Waals surface area contributed by atoms with Crippen molar-refractivity contribution in [1.29, 1.82) is 0 Å². The molecule has 0 saturated heterocycles. The van der Waals surface area contributed by atoms with Crippen LogP contribution in [0, 0.1) is 0 Å². The van der Waals surface area contributed by atoms with Gasteiger partial charge < -0.3 is 10.1 Å². The summed E-state index contributed by atoms with van der Waals surface area (Å²) in [5.74, 6) is -0.0683. The van der Waals surface area contributed by atoms with Gasteiger partial charge in [-0.3, -0.25) is 9.59 Å². The second-order valence-electron chi connectivity index (χ2n) is 4.68. The maximum absolute atomic E-state index is 11.9. The van der Waals surface area contributed by atoms with E-state index < -0.39 is 6.10 Å². The third kappa shape index (κ3) is 5.56. The van der Waals surface area contributed by atoms with Crippen molar-refractivity contribution in [3.05, 3.63) is 27.7 Å². The van der Waals surface area contributed by atoms with Crippen molar-refractivity contribution < 1.29 is 14.3 Å². The Labute approximate surface area is 134 Å². The van der Waals surface area contributed by atoms with Crippen LogP contribution in [0.1, 0.15) is 43.5 Å². The molecule has 1 amide bonds. The summed E-state index contributed by atoms with van der Waals surface area (Å²) in [7, 11) is 0. The van der Waals surface area contributed by atoms with Crippen LogP contribution in [0.5, 0.6) is 5.75 Å². The van der Waals surface area contributed by atoms with Crippen LogP contribution in [0.15, 0.2) is 12.1 Å². The number of benzene rings is 1. The molecule has 0 heterocycles. The number of hydrogen-bond donors (Lipinski definition) is 1. The fraction of sp³-hybridized carbons (Fsp3) is 0.467. The van der Waals surface area contributed by atoms with Crippen LogP contribution in [-0.4, -0.2) is 24.8 Å². The number of carbonyl (C=O) groups is 2. The fourth-order valence-corrected chi connectivity index (χ4v) is 2.31. The highest BCUT2D eigenvalue weighted by Gasteiger charge is 2.18. The molecule has 0 fully saturated rings. The number of amides is 1. The first-order chi connectivity index (χ1) is 9.99. The Bertz CT molecular complexity index is 506. The number of hydrogen-bond acceptors (Lipinski definition) is 3. The lowest BCUT2D eigenvalue weighted by atomic mass is 10.2. The molecular weight excluding hydrogens is 313 g/mol. The number of carbonyl (C=O) groups excluding carboxylic acids is 2. The number of unbranched alkanes of at least 4 members (excludes halogenated alkanes) is 2. The Morgan fingerprint density at radius 3 is 2.71 bits per heavy atom. The Morgan fingerprint density at radius 1 is 1.38 bits per heavy atom. The largest absolute Gasteiger partial charge is 0.479 e. The zero-order valence-electron chi connectivity index (χ0n) is 12.1. The predicted molar refractivity (Wildman–Crippen MR) is 84.5 cm³/mol. The third-order valence-corrected chi connectivity index (χ3v) is 3.41. The average molecular weight is 332 g/mol. The monoisotopic (exact) mass is 331 g/mol. The molecule has 0 aromatic heterocycles. The maximum Gasteiger partial charge on any atom is 0.260 e. The van der Waals surface area contributed by atoms with Crippen molar-refractivity contribution in [2.24, 2.45) is 0 Å².